The van der Waals surface area contributed by atoms with Gasteiger partial charge in [0.2, 0.25) is 0 Å². The van der Waals surface area contributed by atoms with Gasteiger partial charge in [-0.3, -0.25) is 10.1 Å². The molecule has 1 aromatic carbocycles. The van der Waals surface area contributed by atoms with Gasteiger partial charge >= 0.3 is 0 Å². The molecule has 0 N–H and O–H groups in total. The lowest BCUT2D eigenvalue weighted by molar-refractivity contribution is -0.384. The van der Waals surface area contributed by atoms with Crippen LogP contribution in [0.5, 0.6) is 0 Å². The topological polar surface area (TPSA) is 55.6 Å². The Morgan fingerprint density at radius 3 is 2.74 bits per heavy atom. The van der Waals surface area contributed by atoms with Crippen molar-refractivity contribution in [3.63, 3.8) is 0 Å². The van der Waals surface area contributed by atoms with Crippen molar-refractivity contribution in [1.82, 2.24) is 0 Å². The normalized spacial score (nSPS) is 16.6. The molecule has 2 rings (SSSR count). The summed E-state index contributed by atoms with van der Waals surface area (Å²) in [5, 5.41) is 11.5. The minimum atomic E-state index is -0.373. The molecule has 1 aromatic rings. The van der Waals surface area contributed by atoms with Gasteiger partial charge in [0.1, 0.15) is 5.69 Å². The van der Waals surface area contributed by atoms with E-state index in [-0.39, 0.29) is 10.6 Å². The molecule has 0 saturated carbocycles. The highest BCUT2D eigenvalue weighted by atomic mass is 35.5. The molecule has 0 aromatic heterocycles. The predicted octanol–water partition coefficient (Wildman–Crippen LogP) is 3.11. The van der Waals surface area contributed by atoms with E-state index < -0.39 is 0 Å². The number of piperidine rings is 1. The molecule has 104 valence electrons. The summed E-state index contributed by atoms with van der Waals surface area (Å²) in [6, 6.07) is 4.85. The lowest BCUT2D eigenvalue weighted by Crippen LogP contribution is -2.35. The average molecular weight is 285 g/mol. The minimum absolute atomic E-state index is 0.0812. The van der Waals surface area contributed by atoms with Crippen LogP contribution in [0, 0.1) is 16.0 Å². The maximum atomic E-state index is 11.1. The molecule has 1 fully saturated rings. The van der Waals surface area contributed by atoms with Crippen LogP contribution in [0.4, 0.5) is 11.4 Å². The third-order valence-corrected chi connectivity index (χ3v) is 3.73. The van der Waals surface area contributed by atoms with E-state index >= 15 is 0 Å². The van der Waals surface area contributed by atoms with Gasteiger partial charge in [-0.25, -0.2) is 0 Å². The lowest BCUT2D eigenvalue weighted by Gasteiger charge is -2.32. The van der Waals surface area contributed by atoms with Gasteiger partial charge in [0.15, 0.2) is 0 Å². The summed E-state index contributed by atoms with van der Waals surface area (Å²) in [6.45, 7) is 2.39. The molecule has 0 amide bonds. The van der Waals surface area contributed by atoms with Crippen LogP contribution in [-0.2, 0) is 4.74 Å². The van der Waals surface area contributed by atoms with Gasteiger partial charge in [-0.2, -0.15) is 0 Å². The molecule has 1 aliphatic rings. The van der Waals surface area contributed by atoms with Crippen molar-refractivity contribution >= 4 is 23.0 Å². The van der Waals surface area contributed by atoms with E-state index in [4.69, 9.17) is 16.3 Å². The fourth-order valence-electron chi connectivity index (χ4n) is 2.49. The minimum Gasteiger partial charge on any atom is -0.384 e. The lowest BCUT2D eigenvalue weighted by atomic mass is 9.97. The number of anilines is 1. The third kappa shape index (κ3) is 3.36. The molecule has 0 spiro atoms. The number of hydrogen-bond donors (Lipinski definition) is 0. The van der Waals surface area contributed by atoms with Gasteiger partial charge in [0.05, 0.1) is 4.92 Å². The van der Waals surface area contributed by atoms with Gasteiger partial charge in [-0.1, -0.05) is 11.6 Å². The molecule has 0 bridgehead atoms. The van der Waals surface area contributed by atoms with E-state index in [0.717, 1.165) is 32.5 Å². The molecular weight excluding hydrogens is 268 g/mol. The standard InChI is InChI=1S/C13H17ClN2O3/c1-19-9-10-4-6-15(7-5-10)12-3-2-11(14)8-13(12)16(17)18/h2-3,8,10H,4-7,9H2,1H3. The molecule has 0 atom stereocenters. The number of methoxy groups -OCH3 is 1. The van der Waals surface area contributed by atoms with Crippen molar-refractivity contribution < 1.29 is 9.66 Å². The molecule has 0 unspecified atom stereocenters. The fraction of sp³-hybridized carbons (Fsp3) is 0.538. The molecule has 0 radical (unpaired) electrons. The summed E-state index contributed by atoms with van der Waals surface area (Å²) in [6.07, 6.45) is 1.99. The second-order valence-electron chi connectivity index (χ2n) is 4.78. The first-order chi connectivity index (χ1) is 9.11. The van der Waals surface area contributed by atoms with Gasteiger partial charge < -0.3 is 9.64 Å². The van der Waals surface area contributed by atoms with E-state index in [9.17, 15) is 10.1 Å². The Hall–Kier alpha value is -1.33. The zero-order valence-corrected chi connectivity index (χ0v) is 11.6. The Bertz CT molecular complexity index is 459. The van der Waals surface area contributed by atoms with Crippen LogP contribution in [0.25, 0.3) is 0 Å². The third-order valence-electron chi connectivity index (χ3n) is 3.49. The van der Waals surface area contributed by atoms with Crippen molar-refractivity contribution in [3.05, 3.63) is 33.3 Å². The number of nitro groups is 1. The second-order valence-corrected chi connectivity index (χ2v) is 5.21. The van der Waals surface area contributed by atoms with Crippen molar-refractivity contribution in [2.24, 2.45) is 5.92 Å². The van der Waals surface area contributed by atoms with Gasteiger partial charge in [0, 0.05) is 37.9 Å². The van der Waals surface area contributed by atoms with Gasteiger partial charge in [-0.15, -0.1) is 0 Å². The van der Waals surface area contributed by atoms with Crippen LogP contribution in [-0.4, -0.2) is 31.7 Å². The first kappa shape index (κ1) is 14.1. The maximum absolute atomic E-state index is 11.1. The second kappa shape index (κ2) is 6.21. The van der Waals surface area contributed by atoms with Crippen molar-refractivity contribution in [1.29, 1.82) is 0 Å². The van der Waals surface area contributed by atoms with E-state index in [1.165, 1.54) is 6.07 Å². The number of nitro benzene ring substituents is 1. The van der Waals surface area contributed by atoms with E-state index in [2.05, 4.69) is 4.90 Å². The van der Waals surface area contributed by atoms with E-state index in [1.807, 2.05) is 0 Å². The monoisotopic (exact) mass is 284 g/mol. The predicted molar refractivity (Wildman–Crippen MR) is 74.9 cm³/mol. The van der Waals surface area contributed by atoms with Crippen LogP contribution in [0.3, 0.4) is 0 Å². The van der Waals surface area contributed by atoms with Crippen LogP contribution in [0.1, 0.15) is 12.8 Å². The van der Waals surface area contributed by atoms with Crippen LogP contribution >= 0.6 is 11.6 Å². The Kier molecular flexibility index (Phi) is 4.61. The van der Waals surface area contributed by atoms with Crippen molar-refractivity contribution in [2.75, 3.05) is 31.7 Å². The first-order valence-corrected chi connectivity index (χ1v) is 6.67. The Morgan fingerprint density at radius 2 is 2.16 bits per heavy atom. The summed E-state index contributed by atoms with van der Waals surface area (Å²) in [5.41, 5.74) is 0.739. The summed E-state index contributed by atoms with van der Waals surface area (Å²) in [7, 11) is 1.70. The molecule has 5 nitrogen and oxygen atoms in total. The molecule has 1 saturated heterocycles. The summed E-state index contributed by atoms with van der Waals surface area (Å²) in [5.74, 6) is 0.549. The number of ether oxygens (including phenoxy) is 1. The largest absolute Gasteiger partial charge is 0.384 e. The molecule has 1 aliphatic heterocycles. The number of hydrogen-bond acceptors (Lipinski definition) is 4. The maximum Gasteiger partial charge on any atom is 0.294 e. The van der Waals surface area contributed by atoms with Gasteiger partial charge in [-0.05, 0) is 30.9 Å². The van der Waals surface area contributed by atoms with E-state index in [0.29, 0.717) is 16.6 Å². The SMILES string of the molecule is COCC1CCN(c2ccc(Cl)cc2[N+](=O)[O-])CC1. The quantitative estimate of drug-likeness (QED) is 0.630. The van der Waals surface area contributed by atoms with Crippen LogP contribution < -0.4 is 4.90 Å². The highest BCUT2D eigenvalue weighted by Gasteiger charge is 2.24. The zero-order valence-electron chi connectivity index (χ0n) is 10.8. The number of nitrogens with zero attached hydrogens (tertiary/aromatic N) is 2. The van der Waals surface area contributed by atoms with Crippen LogP contribution in [0.2, 0.25) is 5.02 Å². The van der Waals surface area contributed by atoms with E-state index in [1.54, 1.807) is 19.2 Å². The smallest absolute Gasteiger partial charge is 0.294 e. The first-order valence-electron chi connectivity index (χ1n) is 6.29. The Labute approximate surface area is 117 Å². The van der Waals surface area contributed by atoms with Crippen molar-refractivity contribution in [2.45, 2.75) is 12.8 Å². The molecule has 1 heterocycles. The molecule has 0 aliphatic carbocycles. The molecular formula is C13H17ClN2O3. The number of benzene rings is 1. The van der Waals surface area contributed by atoms with Crippen LogP contribution in [0.15, 0.2) is 18.2 Å². The average Bonchev–Trinajstić information content (AvgIpc) is 2.40. The molecule has 6 heteroatoms. The Morgan fingerprint density at radius 1 is 1.47 bits per heavy atom. The fourth-order valence-corrected chi connectivity index (χ4v) is 2.65. The highest BCUT2D eigenvalue weighted by Crippen LogP contribution is 2.33. The number of rotatable bonds is 4. The summed E-state index contributed by atoms with van der Waals surface area (Å²) >= 11 is 5.82. The summed E-state index contributed by atoms with van der Waals surface area (Å²) < 4.78 is 5.16. The highest BCUT2D eigenvalue weighted by molar-refractivity contribution is 6.30. The zero-order chi connectivity index (χ0) is 13.8. The Balaban J connectivity index is 2.13. The van der Waals surface area contributed by atoms with Crippen molar-refractivity contribution in [3.8, 4) is 0 Å². The number of halogens is 1. The molecule has 19 heavy (non-hydrogen) atoms. The van der Waals surface area contributed by atoms with Gasteiger partial charge in [0.25, 0.3) is 5.69 Å². The summed E-state index contributed by atoms with van der Waals surface area (Å²) in [4.78, 5) is 12.8.